The van der Waals surface area contributed by atoms with Crippen LogP contribution in [0.5, 0.6) is 0 Å². The summed E-state index contributed by atoms with van der Waals surface area (Å²) in [6.45, 7) is 10.3. The van der Waals surface area contributed by atoms with Gasteiger partial charge in [0.05, 0.1) is 6.61 Å². The van der Waals surface area contributed by atoms with E-state index in [2.05, 4.69) is 20.6 Å². The molecule has 0 atom stereocenters. The van der Waals surface area contributed by atoms with Crippen LogP contribution in [0, 0.1) is 6.92 Å². The molecule has 0 unspecified atom stereocenters. The van der Waals surface area contributed by atoms with Gasteiger partial charge in [0, 0.05) is 18.0 Å². The number of aromatic nitrogens is 2. The second-order valence-corrected chi connectivity index (χ2v) is 5.53. The highest BCUT2D eigenvalue weighted by Gasteiger charge is 2.21. The third-order valence-corrected chi connectivity index (χ3v) is 2.76. The molecule has 0 amide bonds. The van der Waals surface area contributed by atoms with Gasteiger partial charge in [-0.2, -0.15) is 0 Å². The monoisotopic (exact) mass is 280 g/mol. The second kappa shape index (κ2) is 6.54. The summed E-state index contributed by atoms with van der Waals surface area (Å²) in [7, 11) is 1.82. The Morgan fingerprint density at radius 3 is 2.35 bits per heavy atom. The predicted octanol–water partition coefficient (Wildman–Crippen LogP) is 2.10. The van der Waals surface area contributed by atoms with Gasteiger partial charge >= 0.3 is 5.97 Å². The minimum atomic E-state index is -0.297. The van der Waals surface area contributed by atoms with Gasteiger partial charge < -0.3 is 15.4 Å². The highest BCUT2D eigenvalue weighted by atomic mass is 16.5. The van der Waals surface area contributed by atoms with Crippen LogP contribution in [0.2, 0.25) is 0 Å². The van der Waals surface area contributed by atoms with Crippen LogP contribution >= 0.6 is 0 Å². The standard InChI is InChI=1S/C14H24N4O2/c1-7-20-10(19)8-16-12-9(2)11(15-6)17-13(18-12)14(3,4)5/h7-8H2,1-6H3,(H2,15,16,17,18). The van der Waals surface area contributed by atoms with Crippen molar-refractivity contribution < 1.29 is 9.53 Å². The summed E-state index contributed by atoms with van der Waals surface area (Å²) in [6.07, 6.45) is 0. The molecule has 0 fully saturated rings. The molecule has 0 aromatic carbocycles. The van der Waals surface area contributed by atoms with Crippen LogP contribution in [-0.4, -0.2) is 36.1 Å². The van der Waals surface area contributed by atoms with E-state index in [4.69, 9.17) is 4.74 Å². The first kappa shape index (κ1) is 16.2. The molecule has 20 heavy (non-hydrogen) atoms. The molecule has 112 valence electrons. The molecule has 1 aromatic heterocycles. The summed E-state index contributed by atoms with van der Waals surface area (Å²) >= 11 is 0. The van der Waals surface area contributed by atoms with Crippen LogP contribution < -0.4 is 10.6 Å². The van der Waals surface area contributed by atoms with E-state index >= 15 is 0 Å². The van der Waals surface area contributed by atoms with Gasteiger partial charge in [0.1, 0.15) is 24.0 Å². The number of esters is 1. The van der Waals surface area contributed by atoms with E-state index in [0.717, 1.165) is 17.2 Å². The van der Waals surface area contributed by atoms with Crippen LogP contribution in [-0.2, 0) is 14.9 Å². The van der Waals surface area contributed by atoms with Crippen LogP contribution in [0.1, 0.15) is 39.1 Å². The molecule has 6 nitrogen and oxygen atoms in total. The number of carbonyl (C=O) groups is 1. The van der Waals surface area contributed by atoms with Crippen molar-refractivity contribution in [2.45, 2.75) is 40.0 Å². The Labute approximate surface area is 120 Å². The molecule has 0 aliphatic heterocycles. The first-order valence-electron chi connectivity index (χ1n) is 6.76. The Kier molecular flexibility index (Phi) is 5.30. The molecule has 1 heterocycles. The largest absolute Gasteiger partial charge is 0.465 e. The molecule has 0 saturated carbocycles. The minimum absolute atomic E-state index is 0.0957. The zero-order valence-electron chi connectivity index (χ0n) is 13.1. The molecular weight excluding hydrogens is 256 g/mol. The number of hydrogen-bond acceptors (Lipinski definition) is 6. The van der Waals surface area contributed by atoms with Gasteiger partial charge in [0.25, 0.3) is 0 Å². The van der Waals surface area contributed by atoms with Gasteiger partial charge in [-0.3, -0.25) is 4.79 Å². The number of hydrogen-bond donors (Lipinski definition) is 2. The fourth-order valence-corrected chi connectivity index (χ4v) is 1.64. The van der Waals surface area contributed by atoms with Crippen molar-refractivity contribution >= 4 is 17.6 Å². The average Bonchev–Trinajstić information content (AvgIpc) is 2.36. The normalized spacial score (nSPS) is 11.1. The van der Waals surface area contributed by atoms with Crippen molar-refractivity contribution in [3.05, 3.63) is 11.4 Å². The van der Waals surface area contributed by atoms with Gasteiger partial charge in [0.2, 0.25) is 0 Å². The van der Waals surface area contributed by atoms with Crippen molar-refractivity contribution in [2.75, 3.05) is 30.8 Å². The number of nitrogens with zero attached hydrogens (tertiary/aromatic N) is 2. The Balaban J connectivity index is 3.02. The molecule has 0 aliphatic carbocycles. The lowest BCUT2D eigenvalue weighted by molar-refractivity contribution is -0.140. The van der Waals surface area contributed by atoms with Crippen molar-refractivity contribution in [3.63, 3.8) is 0 Å². The molecule has 1 rings (SSSR count). The van der Waals surface area contributed by atoms with E-state index in [1.165, 1.54) is 0 Å². The second-order valence-electron chi connectivity index (χ2n) is 5.53. The fourth-order valence-electron chi connectivity index (χ4n) is 1.64. The number of ether oxygens (including phenoxy) is 1. The van der Waals surface area contributed by atoms with Gasteiger partial charge in [-0.15, -0.1) is 0 Å². The lowest BCUT2D eigenvalue weighted by atomic mass is 9.95. The predicted molar refractivity (Wildman–Crippen MR) is 80.1 cm³/mol. The summed E-state index contributed by atoms with van der Waals surface area (Å²) < 4.78 is 4.90. The van der Waals surface area contributed by atoms with E-state index in [1.54, 1.807) is 6.92 Å². The third-order valence-electron chi connectivity index (χ3n) is 2.76. The van der Waals surface area contributed by atoms with E-state index in [-0.39, 0.29) is 17.9 Å². The minimum Gasteiger partial charge on any atom is -0.465 e. The number of nitrogens with one attached hydrogen (secondary N) is 2. The lowest BCUT2D eigenvalue weighted by Gasteiger charge is -2.20. The van der Waals surface area contributed by atoms with E-state index in [9.17, 15) is 4.79 Å². The van der Waals surface area contributed by atoms with Crippen LogP contribution in [0.3, 0.4) is 0 Å². The molecular formula is C14H24N4O2. The molecule has 1 aromatic rings. The van der Waals surface area contributed by atoms with Crippen molar-refractivity contribution in [1.29, 1.82) is 0 Å². The summed E-state index contributed by atoms with van der Waals surface area (Å²) in [4.78, 5) is 20.4. The Morgan fingerprint density at radius 2 is 1.85 bits per heavy atom. The highest BCUT2D eigenvalue weighted by Crippen LogP contribution is 2.25. The summed E-state index contributed by atoms with van der Waals surface area (Å²) in [5.74, 6) is 1.84. The lowest BCUT2D eigenvalue weighted by Crippen LogP contribution is -2.22. The molecule has 0 aliphatic rings. The SMILES string of the molecule is CCOC(=O)CNc1nc(C(C)(C)C)nc(NC)c1C. The number of carbonyl (C=O) groups excluding carboxylic acids is 1. The zero-order chi connectivity index (χ0) is 15.3. The van der Waals surface area contributed by atoms with Gasteiger partial charge in [-0.05, 0) is 13.8 Å². The summed E-state index contributed by atoms with van der Waals surface area (Å²) in [6, 6.07) is 0. The van der Waals surface area contributed by atoms with E-state index in [1.807, 2.05) is 34.7 Å². The molecule has 0 radical (unpaired) electrons. The summed E-state index contributed by atoms with van der Waals surface area (Å²) in [5.41, 5.74) is 0.712. The summed E-state index contributed by atoms with van der Waals surface area (Å²) in [5, 5.41) is 6.07. The maximum Gasteiger partial charge on any atom is 0.325 e. The maximum atomic E-state index is 11.4. The van der Waals surface area contributed by atoms with Crippen LogP contribution in [0.15, 0.2) is 0 Å². The Bertz CT molecular complexity index is 481. The average molecular weight is 280 g/mol. The Hall–Kier alpha value is -1.85. The van der Waals surface area contributed by atoms with E-state index in [0.29, 0.717) is 12.4 Å². The molecule has 6 heteroatoms. The maximum absolute atomic E-state index is 11.4. The highest BCUT2D eigenvalue weighted by molar-refractivity contribution is 5.75. The van der Waals surface area contributed by atoms with Gasteiger partial charge in [-0.25, -0.2) is 9.97 Å². The Morgan fingerprint density at radius 1 is 1.25 bits per heavy atom. The molecule has 0 bridgehead atoms. The first-order valence-corrected chi connectivity index (χ1v) is 6.76. The smallest absolute Gasteiger partial charge is 0.325 e. The number of rotatable bonds is 5. The van der Waals surface area contributed by atoms with Gasteiger partial charge in [0.15, 0.2) is 0 Å². The fraction of sp³-hybridized carbons (Fsp3) is 0.643. The first-order chi connectivity index (χ1) is 9.29. The quantitative estimate of drug-likeness (QED) is 0.804. The van der Waals surface area contributed by atoms with Gasteiger partial charge in [-0.1, -0.05) is 20.8 Å². The van der Waals surface area contributed by atoms with Crippen LogP contribution in [0.4, 0.5) is 11.6 Å². The van der Waals surface area contributed by atoms with Crippen molar-refractivity contribution in [1.82, 2.24) is 9.97 Å². The topological polar surface area (TPSA) is 76.1 Å². The zero-order valence-corrected chi connectivity index (χ0v) is 13.1. The van der Waals surface area contributed by atoms with Crippen molar-refractivity contribution in [3.8, 4) is 0 Å². The van der Waals surface area contributed by atoms with E-state index < -0.39 is 0 Å². The third kappa shape index (κ3) is 4.08. The molecule has 2 N–H and O–H groups in total. The molecule has 0 saturated heterocycles. The molecule has 0 spiro atoms. The van der Waals surface area contributed by atoms with Crippen molar-refractivity contribution in [2.24, 2.45) is 0 Å². The number of anilines is 2. The van der Waals surface area contributed by atoms with Crippen LogP contribution in [0.25, 0.3) is 0 Å².